The molecule has 1 unspecified atom stereocenters. The number of nitrogens with one attached hydrogen (secondary N) is 3. The van der Waals surface area contributed by atoms with Gasteiger partial charge in [0.1, 0.15) is 11.5 Å². The topological polar surface area (TPSA) is 113 Å². The minimum atomic E-state index is -0.510. The van der Waals surface area contributed by atoms with Crippen LogP contribution in [0.3, 0.4) is 0 Å². The molecule has 3 N–H and O–H groups in total. The molecule has 0 saturated carbocycles. The molecule has 1 atom stereocenters. The van der Waals surface area contributed by atoms with Crippen molar-refractivity contribution in [2.24, 2.45) is 0 Å². The van der Waals surface area contributed by atoms with Crippen molar-refractivity contribution in [3.8, 4) is 0 Å². The number of aromatic nitrogens is 1. The fraction of sp³-hybridized carbons (Fsp3) is 0.0667. The molecule has 10 heteroatoms. The van der Waals surface area contributed by atoms with Gasteiger partial charge in [0.2, 0.25) is 5.91 Å². The Hall–Kier alpha value is -4.67. The number of rotatable bonds is 9. The zero-order chi connectivity index (χ0) is 27.9. The van der Waals surface area contributed by atoms with Gasteiger partial charge in [-0.05, 0) is 67.6 Å². The lowest BCUT2D eigenvalue weighted by Crippen LogP contribution is -2.30. The number of hydrogen-bond acceptors (Lipinski definition) is 7. The summed E-state index contributed by atoms with van der Waals surface area (Å²) in [4.78, 5) is 43.8. The maximum absolute atomic E-state index is 13.1. The van der Waals surface area contributed by atoms with Crippen molar-refractivity contribution in [1.82, 2.24) is 10.3 Å². The second-order valence-electron chi connectivity index (χ2n) is 8.61. The van der Waals surface area contributed by atoms with Crippen molar-refractivity contribution in [3.05, 3.63) is 114 Å². The highest BCUT2D eigenvalue weighted by atomic mass is 32.2. The normalized spacial score (nSPS) is 12.1. The standard InChI is InChI=1S/C30H24N4O4S2/c1-19(27(35)34-30-33-24-11-5-6-12-26(24)40-30)39-23-15-13-21(14-16-23)31-29(37)25(18-22-10-7-17-38-22)32-28(36)20-8-3-2-4-9-20/h2-19H,1H3,(H,31,37)(H,32,36)(H,33,34,35)/b25-18-. The highest BCUT2D eigenvalue weighted by Crippen LogP contribution is 2.28. The molecule has 40 heavy (non-hydrogen) atoms. The predicted molar refractivity (Wildman–Crippen MR) is 159 cm³/mol. The van der Waals surface area contributed by atoms with Crippen LogP contribution in [0.2, 0.25) is 0 Å². The molecular formula is C30H24N4O4S2. The van der Waals surface area contributed by atoms with Crippen LogP contribution in [0.5, 0.6) is 0 Å². The molecular weight excluding hydrogens is 544 g/mol. The third-order valence-corrected chi connectivity index (χ3v) is 7.74. The van der Waals surface area contributed by atoms with Crippen LogP contribution < -0.4 is 16.0 Å². The number of fused-ring (bicyclic) bond motifs is 1. The Morgan fingerprint density at radius 3 is 2.38 bits per heavy atom. The van der Waals surface area contributed by atoms with E-state index in [0.29, 0.717) is 22.1 Å². The van der Waals surface area contributed by atoms with Gasteiger partial charge in [-0.15, -0.1) is 11.8 Å². The minimum absolute atomic E-state index is 0.0300. The Morgan fingerprint density at radius 2 is 1.65 bits per heavy atom. The first-order chi connectivity index (χ1) is 19.4. The quantitative estimate of drug-likeness (QED) is 0.140. The van der Waals surface area contributed by atoms with Gasteiger partial charge in [-0.3, -0.25) is 14.4 Å². The predicted octanol–water partition coefficient (Wildman–Crippen LogP) is 6.42. The van der Waals surface area contributed by atoms with Crippen LogP contribution in [-0.4, -0.2) is 28.0 Å². The minimum Gasteiger partial charge on any atom is -0.465 e. The Bertz CT molecular complexity index is 1630. The molecule has 0 radical (unpaired) electrons. The molecule has 0 aliphatic heterocycles. The lowest BCUT2D eigenvalue weighted by atomic mass is 10.2. The Balaban J connectivity index is 1.21. The highest BCUT2D eigenvalue weighted by molar-refractivity contribution is 8.00. The molecule has 5 aromatic rings. The van der Waals surface area contributed by atoms with Crippen LogP contribution in [-0.2, 0) is 9.59 Å². The molecule has 0 bridgehead atoms. The van der Waals surface area contributed by atoms with Gasteiger partial charge in [0.05, 0.1) is 21.7 Å². The van der Waals surface area contributed by atoms with E-state index >= 15 is 0 Å². The van der Waals surface area contributed by atoms with E-state index in [9.17, 15) is 14.4 Å². The number of amides is 3. The summed E-state index contributed by atoms with van der Waals surface area (Å²) in [5, 5.41) is 8.55. The Morgan fingerprint density at radius 1 is 0.900 bits per heavy atom. The molecule has 0 fully saturated rings. The Labute approximate surface area is 238 Å². The lowest BCUT2D eigenvalue weighted by Gasteiger charge is -2.12. The first kappa shape index (κ1) is 26.9. The third-order valence-electron chi connectivity index (χ3n) is 5.68. The van der Waals surface area contributed by atoms with Gasteiger partial charge in [0.25, 0.3) is 11.8 Å². The maximum Gasteiger partial charge on any atom is 0.272 e. The number of thiazole rings is 1. The molecule has 2 aromatic heterocycles. The molecule has 0 aliphatic rings. The van der Waals surface area contributed by atoms with Gasteiger partial charge in [0.15, 0.2) is 5.13 Å². The molecule has 8 nitrogen and oxygen atoms in total. The van der Waals surface area contributed by atoms with E-state index in [2.05, 4.69) is 20.9 Å². The number of hydrogen-bond donors (Lipinski definition) is 3. The van der Waals surface area contributed by atoms with Crippen molar-refractivity contribution >= 4 is 67.9 Å². The van der Waals surface area contributed by atoms with Crippen LogP contribution in [0, 0.1) is 0 Å². The van der Waals surface area contributed by atoms with Gasteiger partial charge in [-0.2, -0.15) is 0 Å². The van der Waals surface area contributed by atoms with Crippen LogP contribution >= 0.6 is 23.1 Å². The lowest BCUT2D eigenvalue weighted by molar-refractivity contribution is -0.115. The first-order valence-corrected chi connectivity index (χ1v) is 14.0. The van der Waals surface area contributed by atoms with E-state index in [-0.39, 0.29) is 16.9 Å². The fourth-order valence-electron chi connectivity index (χ4n) is 3.66. The highest BCUT2D eigenvalue weighted by Gasteiger charge is 2.18. The number of anilines is 2. The fourth-order valence-corrected chi connectivity index (χ4v) is 5.40. The van der Waals surface area contributed by atoms with Gasteiger partial charge >= 0.3 is 0 Å². The molecule has 0 saturated heterocycles. The summed E-state index contributed by atoms with van der Waals surface area (Å²) in [5.74, 6) is -0.658. The average Bonchev–Trinajstić information content (AvgIpc) is 3.63. The number of nitrogens with zero attached hydrogens (tertiary/aromatic N) is 1. The largest absolute Gasteiger partial charge is 0.465 e. The molecule has 0 spiro atoms. The number of furan rings is 1. The van der Waals surface area contributed by atoms with Crippen molar-refractivity contribution < 1.29 is 18.8 Å². The molecule has 200 valence electrons. The van der Waals surface area contributed by atoms with Crippen LogP contribution in [0.4, 0.5) is 10.8 Å². The summed E-state index contributed by atoms with van der Waals surface area (Å²) in [6, 6.07) is 26.8. The number of benzene rings is 3. The summed E-state index contributed by atoms with van der Waals surface area (Å²) in [6.45, 7) is 1.82. The van der Waals surface area contributed by atoms with E-state index in [4.69, 9.17) is 4.42 Å². The molecule has 3 amide bonds. The molecule has 0 aliphatic carbocycles. The summed E-state index contributed by atoms with van der Waals surface area (Å²) in [7, 11) is 0. The summed E-state index contributed by atoms with van der Waals surface area (Å²) < 4.78 is 6.34. The van der Waals surface area contributed by atoms with Crippen molar-refractivity contribution in [3.63, 3.8) is 0 Å². The first-order valence-electron chi connectivity index (χ1n) is 12.3. The van der Waals surface area contributed by atoms with Crippen molar-refractivity contribution in [2.75, 3.05) is 10.6 Å². The third kappa shape index (κ3) is 6.85. The van der Waals surface area contributed by atoms with Crippen molar-refractivity contribution in [2.45, 2.75) is 17.1 Å². The second kappa shape index (κ2) is 12.5. The monoisotopic (exact) mass is 568 g/mol. The smallest absolute Gasteiger partial charge is 0.272 e. The van der Waals surface area contributed by atoms with E-state index < -0.39 is 11.8 Å². The molecule has 2 heterocycles. The molecule has 3 aromatic carbocycles. The number of carbonyl (C=O) groups excluding carboxylic acids is 3. The van der Waals surface area contributed by atoms with E-state index in [0.717, 1.165) is 15.1 Å². The van der Waals surface area contributed by atoms with Gasteiger partial charge < -0.3 is 20.4 Å². The second-order valence-corrected chi connectivity index (χ2v) is 11.1. The summed E-state index contributed by atoms with van der Waals surface area (Å²) in [5.41, 5.74) is 1.83. The number of para-hydroxylation sites is 1. The van der Waals surface area contributed by atoms with E-state index in [1.165, 1.54) is 35.4 Å². The van der Waals surface area contributed by atoms with E-state index in [1.807, 2.05) is 43.3 Å². The van der Waals surface area contributed by atoms with E-state index in [1.54, 1.807) is 54.6 Å². The van der Waals surface area contributed by atoms with Crippen LogP contribution in [0.15, 0.2) is 112 Å². The van der Waals surface area contributed by atoms with Gasteiger partial charge in [-0.25, -0.2) is 4.98 Å². The SMILES string of the molecule is CC(Sc1ccc(NC(=O)/C(=C/c2ccco2)NC(=O)c2ccccc2)cc1)C(=O)Nc1nc2ccccc2s1. The summed E-state index contributed by atoms with van der Waals surface area (Å²) >= 11 is 2.82. The number of carbonyl (C=O) groups is 3. The average molecular weight is 569 g/mol. The van der Waals surface area contributed by atoms with Crippen molar-refractivity contribution in [1.29, 1.82) is 0 Å². The van der Waals surface area contributed by atoms with Crippen LogP contribution in [0.1, 0.15) is 23.0 Å². The molecule has 5 rings (SSSR count). The summed E-state index contributed by atoms with van der Waals surface area (Å²) in [6.07, 6.45) is 2.95. The van der Waals surface area contributed by atoms with Gasteiger partial charge in [-0.1, -0.05) is 41.7 Å². The van der Waals surface area contributed by atoms with Gasteiger partial charge in [0, 0.05) is 22.2 Å². The number of thioether (sulfide) groups is 1. The Kier molecular flexibility index (Phi) is 8.38. The maximum atomic E-state index is 13.1. The zero-order valence-electron chi connectivity index (χ0n) is 21.3. The van der Waals surface area contributed by atoms with Crippen LogP contribution in [0.25, 0.3) is 16.3 Å². The zero-order valence-corrected chi connectivity index (χ0v) is 22.9.